The van der Waals surface area contributed by atoms with E-state index in [1.165, 1.54) is 23.0 Å². The molecule has 0 radical (unpaired) electrons. The third-order valence-electron chi connectivity index (χ3n) is 4.60. The van der Waals surface area contributed by atoms with E-state index in [9.17, 15) is 9.59 Å². The van der Waals surface area contributed by atoms with Gasteiger partial charge in [-0.25, -0.2) is 4.79 Å². The maximum Gasteiger partial charge on any atom is 0.357 e. The van der Waals surface area contributed by atoms with Gasteiger partial charge in [0.1, 0.15) is 6.26 Å². The number of Topliss-reactive ketones (excluding diaryl/α,β-unsaturated/α-hetero) is 1. The highest BCUT2D eigenvalue weighted by Crippen LogP contribution is 2.20. The van der Waals surface area contributed by atoms with E-state index in [1.54, 1.807) is 6.92 Å². The fraction of sp³-hybridized carbons (Fsp3) is 0.304. The molecular formula is C23H25NO4. The number of unbranched alkanes of at least 4 members (excludes halogenated alkanes) is 1. The number of ketones is 1. The Balaban J connectivity index is 1.38. The molecule has 0 amide bonds. The minimum atomic E-state index is -0.787. The highest BCUT2D eigenvalue weighted by Gasteiger charge is 2.28. The molecule has 0 saturated heterocycles. The van der Waals surface area contributed by atoms with Crippen LogP contribution in [0.1, 0.15) is 31.7 Å². The molecular weight excluding hydrogens is 354 g/mol. The summed E-state index contributed by atoms with van der Waals surface area (Å²) in [7, 11) is 0. The van der Waals surface area contributed by atoms with E-state index >= 15 is 0 Å². The molecule has 2 aromatic carbocycles. The molecule has 0 aromatic heterocycles. The zero-order chi connectivity index (χ0) is 19.8. The van der Waals surface area contributed by atoms with Gasteiger partial charge in [0, 0.05) is 6.42 Å². The zero-order valence-corrected chi connectivity index (χ0v) is 16.0. The maximum absolute atomic E-state index is 12.2. The monoisotopic (exact) mass is 379 g/mol. The number of aryl methyl sites for hydroxylation is 1. The van der Waals surface area contributed by atoms with Crippen LogP contribution in [0.25, 0.3) is 11.1 Å². The fourth-order valence-corrected chi connectivity index (χ4v) is 3.07. The predicted octanol–water partition coefficient (Wildman–Crippen LogP) is 3.99. The van der Waals surface area contributed by atoms with Crippen LogP contribution in [0.2, 0.25) is 0 Å². The average Bonchev–Trinajstić information content (AvgIpc) is 3.23. The van der Waals surface area contributed by atoms with E-state index < -0.39 is 12.2 Å². The molecule has 1 aliphatic heterocycles. The summed E-state index contributed by atoms with van der Waals surface area (Å²) < 4.78 is 10.1. The van der Waals surface area contributed by atoms with Crippen LogP contribution in [-0.2, 0) is 25.5 Å². The van der Waals surface area contributed by atoms with E-state index in [0.717, 1.165) is 19.3 Å². The molecule has 146 valence electrons. The van der Waals surface area contributed by atoms with Gasteiger partial charge in [0.05, 0.1) is 6.61 Å². The predicted molar refractivity (Wildman–Crippen MR) is 107 cm³/mol. The number of hydrogen-bond acceptors (Lipinski definition) is 5. The van der Waals surface area contributed by atoms with Gasteiger partial charge in [-0.05, 0) is 42.9 Å². The Morgan fingerprint density at radius 3 is 2.43 bits per heavy atom. The molecule has 5 heteroatoms. The largest absolute Gasteiger partial charge is 0.468 e. The van der Waals surface area contributed by atoms with Gasteiger partial charge < -0.3 is 14.8 Å². The van der Waals surface area contributed by atoms with E-state index in [4.69, 9.17) is 9.47 Å². The number of esters is 1. The van der Waals surface area contributed by atoms with Crippen molar-refractivity contribution in [3.05, 3.63) is 72.1 Å². The van der Waals surface area contributed by atoms with E-state index in [2.05, 4.69) is 41.7 Å². The smallest absolute Gasteiger partial charge is 0.357 e. The van der Waals surface area contributed by atoms with Gasteiger partial charge in [0.2, 0.25) is 6.23 Å². The normalized spacial score (nSPS) is 15.3. The first-order chi connectivity index (χ1) is 13.7. The van der Waals surface area contributed by atoms with Crippen molar-refractivity contribution in [3.63, 3.8) is 0 Å². The molecule has 0 bridgehead atoms. The lowest BCUT2D eigenvalue weighted by Crippen LogP contribution is -2.35. The molecule has 0 aliphatic carbocycles. The lowest BCUT2D eigenvalue weighted by molar-refractivity contribution is -0.138. The van der Waals surface area contributed by atoms with Crippen LogP contribution in [0.4, 0.5) is 0 Å². The Labute approximate surface area is 165 Å². The third-order valence-corrected chi connectivity index (χ3v) is 4.60. The summed E-state index contributed by atoms with van der Waals surface area (Å²) in [5, 5.41) is 2.77. The topological polar surface area (TPSA) is 64.6 Å². The van der Waals surface area contributed by atoms with Crippen LogP contribution in [-0.4, -0.2) is 24.6 Å². The SMILES string of the molecule is CCOC(=O)C1=COC(C(=O)CCCCc2ccc(-c3ccccc3)cc2)N1. The van der Waals surface area contributed by atoms with Crippen molar-refractivity contribution < 1.29 is 19.1 Å². The molecule has 0 saturated carbocycles. The number of ether oxygens (including phenoxy) is 2. The van der Waals surface area contributed by atoms with Crippen molar-refractivity contribution in [2.24, 2.45) is 0 Å². The molecule has 28 heavy (non-hydrogen) atoms. The highest BCUT2D eigenvalue weighted by molar-refractivity contribution is 5.91. The molecule has 1 aliphatic rings. The lowest BCUT2D eigenvalue weighted by Gasteiger charge is -2.11. The second kappa shape index (κ2) is 9.74. The molecule has 1 atom stereocenters. The molecule has 5 nitrogen and oxygen atoms in total. The van der Waals surface area contributed by atoms with Crippen molar-refractivity contribution in [3.8, 4) is 11.1 Å². The van der Waals surface area contributed by atoms with Crippen LogP contribution in [0, 0.1) is 0 Å². The second-order valence-electron chi connectivity index (χ2n) is 6.65. The molecule has 1 N–H and O–H groups in total. The minimum absolute atomic E-state index is 0.0602. The molecule has 2 aromatic rings. The first kappa shape index (κ1) is 19.7. The summed E-state index contributed by atoms with van der Waals surface area (Å²) in [6.45, 7) is 2.01. The van der Waals surface area contributed by atoms with Crippen molar-refractivity contribution in [1.29, 1.82) is 0 Å². The Bertz CT molecular complexity index is 827. The number of hydrogen-bond donors (Lipinski definition) is 1. The maximum atomic E-state index is 12.2. The number of carbonyl (C=O) groups is 2. The van der Waals surface area contributed by atoms with Crippen LogP contribution in [0.15, 0.2) is 66.6 Å². The number of carbonyl (C=O) groups excluding carboxylic acids is 2. The Kier molecular flexibility index (Phi) is 6.84. The van der Waals surface area contributed by atoms with Gasteiger partial charge in [-0.2, -0.15) is 0 Å². The third kappa shape index (κ3) is 5.22. The van der Waals surface area contributed by atoms with Crippen LogP contribution < -0.4 is 5.32 Å². The summed E-state index contributed by atoms with van der Waals surface area (Å²) >= 11 is 0. The van der Waals surface area contributed by atoms with Crippen molar-refractivity contribution in [1.82, 2.24) is 5.32 Å². The number of rotatable bonds is 9. The molecule has 0 spiro atoms. The van der Waals surface area contributed by atoms with Crippen molar-refractivity contribution in [2.45, 2.75) is 38.8 Å². The lowest BCUT2D eigenvalue weighted by atomic mass is 10.0. The quantitative estimate of drug-likeness (QED) is 0.527. The number of nitrogens with one attached hydrogen (secondary N) is 1. The first-order valence-electron chi connectivity index (χ1n) is 9.63. The molecule has 3 rings (SSSR count). The number of benzene rings is 2. The van der Waals surface area contributed by atoms with Crippen LogP contribution in [0.5, 0.6) is 0 Å². The second-order valence-corrected chi connectivity index (χ2v) is 6.65. The van der Waals surface area contributed by atoms with Gasteiger partial charge in [0.25, 0.3) is 0 Å². The zero-order valence-electron chi connectivity index (χ0n) is 16.0. The summed E-state index contributed by atoms with van der Waals surface area (Å²) in [5.41, 5.74) is 3.86. The molecule has 1 unspecified atom stereocenters. The first-order valence-corrected chi connectivity index (χ1v) is 9.63. The van der Waals surface area contributed by atoms with Gasteiger partial charge in [-0.1, -0.05) is 54.6 Å². The summed E-state index contributed by atoms with van der Waals surface area (Å²) in [4.78, 5) is 23.8. The fourth-order valence-electron chi connectivity index (χ4n) is 3.07. The Morgan fingerprint density at radius 2 is 1.71 bits per heavy atom. The standard InChI is InChI=1S/C23H25NO4/c1-2-27-23(26)20-16-28-22(24-20)21(25)11-7-6-8-17-12-14-19(15-13-17)18-9-4-3-5-10-18/h3-5,9-10,12-16,22,24H,2,6-8,11H2,1H3. The summed E-state index contributed by atoms with van der Waals surface area (Å²) in [6.07, 6.45) is 3.49. The average molecular weight is 379 g/mol. The Morgan fingerprint density at radius 1 is 1.00 bits per heavy atom. The highest BCUT2D eigenvalue weighted by atomic mass is 16.5. The summed E-state index contributed by atoms with van der Waals surface area (Å²) in [6, 6.07) is 18.8. The van der Waals surface area contributed by atoms with Gasteiger partial charge in [0.15, 0.2) is 11.5 Å². The Hall–Kier alpha value is -3.08. The van der Waals surface area contributed by atoms with Gasteiger partial charge in [-0.15, -0.1) is 0 Å². The van der Waals surface area contributed by atoms with Crippen molar-refractivity contribution >= 4 is 11.8 Å². The minimum Gasteiger partial charge on any atom is -0.468 e. The van der Waals surface area contributed by atoms with Crippen LogP contribution >= 0.6 is 0 Å². The van der Waals surface area contributed by atoms with Crippen molar-refractivity contribution in [2.75, 3.05) is 6.61 Å². The van der Waals surface area contributed by atoms with E-state index in [-0.39, 0.29) is 18.1 Å². The van der Waals surface area contributed by atoms with E-state index in [1.807, 2.05) is 18.2 Å². The van der Waals surface area contributed by atoms with E-state index in [0.29, 0.717) is 6.42 Å². The van der Waals surface area contributed by atoms with Gasteiger partial charge >= 0.3 is 5.97 Å². The molecule has 1 heterocycles. The van der Waals surface area contributed by atoms with Crippen LogP contribution in [0.3, 0.4) is 0 Å². The molecule has 0 fully saturated rings. The summed E-state index contributed by atoms with van der Waals surface area (Å²) in [5.74, 6) is -0.563. The van der Waals surface area contributed by atoms with Gasteiger partial charge in [-0.3, -0.25) is 4.79 Å².